The molecule has 4 nitrogen and oxygen atoms in total. The molecular formula is C34H67NO3. The number of nitrogens with two attached hydrogens (primary N) is 1. The van der Waals surface area contributed by atoms with Gasteiger partial charge in [-0.2, -0.15) is 0 Å². The van der Waals surface area contributed by atoms with E-state index in [1.807, 2.05) is 0 Å². The first-order chi connectivity index (χ1) is 18.4. The van der Waals surface area contributed by atoms with E-state index in [0.717, 1.165) is 51.4 Å². The maximum absolute atomic E-state index is 13.2. The lowest BCUT2D eigenvalue weighted by atomic mass is 9.78. The van der Waals surface area contributed by atoms with Gasteiger partial charge in [-0.3, -0.25) is 9.59 Å². The van der Waals surface area contributed by atoms with E-state index < -0.39 is 11.5 Å². The van der Waals surface area contributed by atoms with Gasteiger partial charge in [-0.1, -0.05) is 156 Å². The van der Waals surface area contributed by atoms with Crippen molar-refractivity contribution in [2.45, 2.75) is 194 Å². The zero-order chi connectivity index (χ0) is 28.3. The predicted octanol–water partition coefficient (Wildman–Crippen LogP) is 10.2. The highest BCUT2D eigenvalue weighted by atomic mass is 16.5. The first-order valence-corrected chi connectivity index (χ1v) is 16.9. The molecule has 0 aliphatic heterocycles. The van der Waals surface area contributed by atoms with Crippen molar-refractivity contribution in [1.82, 2.24) is 0 Å². The number of ether oxygens (including phenoxy) is 1. The minimum atomic E-state index is -1.14. The number of esters is 1. The number of ketones is 1. The molecule has 0 aromatic carbocycles. The van der Waals surface area contributed by atoms with Gasteiger partial charge >= 0.3 is 5.97 Å². The molecule has 0 aliphatic rings. The van der Waals surface area contributed by atoms with Gasteiger partial charge in [-0.25, -0.2) is 0 Å². The first-order valence-electron chi connectivity index (χ1n) is 16.9. The molecule has 0 bridgehead atoms. The molecule has 2 atom stereocenters. The summed E-state index contributed by atoms with van der Waals surface area (Å²) in [5.41, 5.74) is 5.49. The van der Waals surface area contributed by atoms with Crippen LogP contribution in [0.3, 0.4) is 0 Å². The maximum Gasteiger partial charge on any atom is 0.311 e. The van der Waals surface area contributed by atoms with Crippen LogP contribution in [0.5, 0.6) is 0 Å². The second-order valence-electron chi connectivity index (χ2n) is 12.0. The van der Waals surface area contributed by atoms with Crippen LogP contribution in [0.2, 0.25) is 0 Å². The fraction of sp³-hybridized carbons (Fsp3) is 0.941. The van der Waals surface area contributed by atoms with Crippen molar-refractivity contribution in [3.8, 4) is 0 Å². The van der Waals surface area contributed by atoms with Crippen LogP contribution in [0.4, 0.5) is 0 Å². The fourth-order valence-electron chi connectivity index (χ4n) is 5.36. The van der Waals surface area contributed by atoms with Gasteiger partial charge in [0.25, 0.3) is 0 Å². The number of hydrogen-bond donors (Lipinski definition) is 1. The van der Waals surface area contributed by atoms with E-state index in [2.05, 4.69) is 20.8 Å². The summed E-state index contributed by atoms with van der Waals surface area (Å²) >= 11 is 0. The molecule has 0 aliphatic carbocycles. The van der Waals surface area contributed by atoms with Crippen LogP contribution in [0.25, 0.3) is 0 Å². The number of carbonyl (C=O) groups is 2. The molecule has 0 spiro atoms. The Morgan fingerprint density at radius 1 is 0.579 bits per heavy atom. The smallest absolute Gasteiger partial charge is 0.311 e. The highest BCUT2D eigenvalue weighted by Gasteiger charge is 2.41. The normalized spacial score (nSPS) is 13.8. The monoisotopic (exact) mass is 538 g/mol. The summed E-state index contributed by atoms with van der Waals surface area (Å²) < 4.78 is 5.65. The molecule has 0 aromatic rings. The number of unbranched alkanes of at least 4 members (excludes halogenated alkanes) is 20. The average molecular weight is 538 g/mol. The Bertz CT molecular complexity index is 546. The van der Waals surface area contributed by atoms with Crippen LogP contribution in [0, 0.1) is 5.92 Å². The standard InChI is InChI=1S/C34H67NO3/c1-5-8-11-14-16-18-19-20-22-24-26-29-32(36)34(4,35)31(33(37)38-30-27-13-10-7-3)28-25-23-21-17-15-12-9-6-2/h31H,5-30,35H2,1-4H3. The molecule has 4 heteroatoms. The quantitative estimate of drug-likeness (QED) is 0.0761. The van der Waals surface area contributed by atoms with Crippen molar-refractivity contribution in [2.24, 2.45) is 11.7 Å². The molecule has 0 heterocycles. The predicted molar refractivity (Wildman–Crippen MR) is 164 cm³/mol. The summed E-state index contributed by atoms with van der Waals surface area (Å²) in [4.78, 5) is 26.3. The van der Waals surface area contributed by atoms with Crippen molar-refractivity contribution in [2.75, 3.05) is 6.61 Å². The van der Waals surface area contributed by atoms with Gasteiger partial charge in [0.2, 0.25) is 0 Å². The van der Waals surface area contributed by atoms with Crippen LogP contribution in [-0.2, 0) is 14.3 Å². The van der Waals surface area contributed by atoms with E-state index >= 15 is 0 Å². The van der Waals surface area contributed by atoms with E-state index in [1.54, 1.807) is 6.92 Å². The zero-order valence-corrected chi connectivity index (χ0v) is 26.3. The number of carbonyl (C=O) groups excluding carboxylic acids is 2. The fourth-order valence-corrected chi connectivity index (χ4v) is 5.36. The van der Waals surface area contributed by atoms with Gasteiger partial charge in [0.05, 0.1) is 18.1 Å². The molecule has 0 fully saturated rings. The third-order valence-corrected chi connectivity index (χ3v) is 8.21. The lowest BCUT2D eigenvalue weighted by molar-refractivity contribution is -0.154. The Balaban J connectivity index is 4.50. The third-order valence-electron chi connectivity index (χ3n) is 8.21. The van der Waals surface area contributed by atoms with Crippen LogP contribution in [0.1, 0.15) is 188 Å². The van der Waals surface area contributed by atoms with E-state index in [9.17, 15) is 9.59 Å². The van der Waals surface area contributed by atoms with Crippen molar-refractivity contribution in [3.63, 3.8) is 0 Å². The van der Waals surface area contributed by atoms with E-state index in [1.165, 1.54) is 96.3 Å². The first kappa shape index (κ1) is 37.1. The topological polar surface area (TPSA) is 69.4 Å². The highest BCUT2D eigenvalue weighted by molar-refractivity contribution is 5.93. The Kier molecular flexibility index (Phi) is 25.7. The van der Waals surface area contributed by atoms with E-state index in [4.69, 9.17) is 10.5 Å². The van der Waals surface area contributed by atoms with Gasteiger partial charge in [-0.15, -0.1) is 0 Å². The second kappa shape index (κ2) is 26.3. The van der Waals surface area contributed by atoms with Crippen LogP contribution in [-0.4, -0.2) is 23.9 Å². The van der Waals surface area contributed by atoms with Gasteiger partial charge in [0.15, 0.2) is 5.78 Å². The Morgan fingerprint density at radius 3 is 1.39 bits per heavy atom. The lowest BCUT2D eigenvalue weighted by Gasteiger charge is -2.31. The number of hydrogen-bond acceptors (Lipinski definition) is 4. The van der Waals surface area contributed by atoms with Crippen molar-refractivity contribution < 1.29 is 14.3 Å². The Labute approximate surface area is 238 Å². The molecule has 0 radical (unpaired) electrons. The number of rotatable bonds is 29. The third kappa shape index (κ3) is 20.1. The Morgan fingerprint density at radius 2 is 0.947 bits per heavy atom. The minimum Gasteiger partial charge on any atom is -0.465 e. The van der Waals surface area contributed by atoms with Crippen molar-refractivity contribution in [3.05, 3.63) is 0 Å². The van der Waals surface area contributed by atoms with Crippen molar-refractivity contribution in [1.29, 1.82) is 0 Å². The summed E-state index contributed by atoms with van der Waals surface area (Å²) in [6, 6.07) is 0. The SMILES string of the molecule is CCCCCCCCCCCCCC(=O)C(C)(N)C(CCCCCCCCCC)C(=O)OCCCCCC. The molecule has 0 rings (SSSR count). The molecule has 0 saturated heterocycles. The second-order valence-corrected chi connectivity index (χ2v) is 12.0. The van der Waals surface area contributed by atoms with Gasteiger partial charge in [0, 0.05) is 6.42 Å². The summed E-state index contributed by atoms with van der Waals surface area (Å²) in [5, 5.41) is 0. The molecule has 0 aromatic heterocycles. The number of Topliss-reactive ketones (excluding diaryl/α,β-unsaturated/α-hetero) is 1. The molecule has 2 N–H and O–H groups in total. The minimum absolute atomic E-state index is 0.0286. The highest BCUT2D eigenvalue weighted by Crippen LogP contribution is 2.27. The molecule has 0 amide bonds. The summed E-state index contributed by atoms with van der Waals surface area (Å²) in [7, 11) is 0. The largest absolute Gasteiger partial charge is 0.465 e. The van der Waals surface area contributed by atoms with Gasteiger partial charge in [0.1, 0.15) is 0 Å². The molecule has 0 saturated carbocycles. The van der Waals surface area contributed by atoms with Crippen LogP contribution in [0.15, 0.2) is 0 Å². The van der Waals surface area contributed by atoms with Crippen LogP contribution < -0.4 is 5.73 Å². The van der Waals surface area contributed by atoms with E-state index in [-0.39, 0.29) is 11.8 Å². The Hall–Kier alpha value is -0.900. The summed E-state index contributed by atoms with van der Waals surface area (Å²) in [6.45, 7) is 8.90. The van der Waals surface area contributed by atoms with Gasteiger partial charge in [-0.05, 0) is 26.2 Å². The van der Waals surface area contributed by atoms with E-state index in [0.29, 0.717) is 19.4 Å². The molecule has 2 unspecified atom stereocenters. The average Bonchev–Trinajstić information content (AvgIpc) is 2.90. The summed E-state index contributed by atoms with van der Waals surface area (Å²) in [6.07, 6.45) is 28.9. The van der Waals surface area contributed by atoms with Gasteiger partial charge < -0.3 is 10.5 Å². The molecule has 38 heavy (non-hydrogen) atoms. The maximum atomic E-state index is 13.2. The lowest BCUT2D eigenvalue weighted by Crippen LogP contribution is -2.54. The summed E-state index contributed by atoms with van der Waals surface area (Å²) in [5.74, 6) is -0.767. The zero-order valence-electron chi connectivity index (χ0n) is 26.3. The molecular weight excluding hydrogens is 470 g/mol. The van der Waals surface area contributed by atoms with Crippen molar-refractivity contribution >= 4 is 11.8 Å². The van der Waals surface area contributed by atoms with Crippen LogP contribution >= 0.6 is 0 Å². The molecule has 226 valence electrons.